The van der Waals surface area contributed by atoms with Gasteiger partial charge in [0.05, 0.1) is 10.3 Å². The Bertz CT molecular complexity index is 1320. The smallest absolute Gasteiger partial charge is 0.233 e. The summed E-state index contributed by atoms with van der Waals surface area (Å²) in [6.07, 6.45) is 10.0. The van der Waals surface area contributed by atoms with Crippen LogP contribution in [0.15, 0.2) is 33.7 Å². The number of sulfone groups is 1. The zero-order chi connectivity index (χ0) is 25.0. The minimum atomic E-state index is -3.42. The van der Waals surface area contributed by atoms with Crippen LogP contribution in [0.3, 0.4) is 0 Å². The molecule has 192 valence electrons. The van der Waals surface area contributed by atoms with Crippen LogP contribution in [0.4, 0.5) is 10.1 Å². The topological polar surface area (TPSA) is 93.4 Å². The first kappa shape index (κ1) is 22.9. The molecule has 7 fully saturated rings. The van der Waals surface area contributed by atoms with Crippen molar-refractivity contribution in [1.29, 1.82) is 0 Å². The molecule has 9 heteroatoms. The number of carbonyl (C=O) groups excluding carboxylic acids is 1. The molecule has 36 heavy (non-hydrogen) atoms. The fourth-order valence-corrected chi connectivity index (χ4v) is 8.11. The third-order valence-electron chi connectivity index (χ3n) is 9.95. The molecule has 0 unspecified atom stereocenters. The number of nitrogens with zero attached hydrogens (tertiary/aromatic N) is 3. The minimum Gasteiger partial charge on any atom is -0.339 e. The Morgan fingerprint density at radius 2 is 1.78 bits per heavy atom. The van der Waals surface area contributed by atoms with Gasteiger partial charge < -0.3 is 9.42 Å². The van der Waals surface area contributed by atoms with E-state index < -0.39 is 20.9 Å². The van der Waals surface area contributed by atoms with E-state index in [1.165, 1.54) is 6.26 Å². The summed E-state index contributed by atoms with van der Waals surface area (Å²) in [5, 5.41) is 4.25. The van der Waals surface area contributed by atoms with Crippen LogP contribution in [0.2, 0.25) is 0 Å². The fourth-order valence-electron chi connectivity index (χ4n) is 7.45. The first-order valence-electron chi connectivity index (χ1n) is 13.2. The number of aromatic nitrogens is 2. The lowest BCUT2D eigenvalue weighted by atomic mass is 9.41. The number of benzene rings is 1. The standard InChI is InChI=1S/C27H32FN3O4S/c1-36(33,34)20-4-2-3-19(13-20)31(23(32)26-14-27(28,15-26)16-26)17-24-7-10-25(11-8-24,12-9-24)22-29-21(30-35-22)18-5-6-18/h2-4,13,18H,5-12,14-17H2,1H3. The van der Waals surface area contributed by atoms with Crippen molar-refractivity contribution in [2.45, 2.75) is 92.5 Å². The quantitative estimate of drug-likeness (QED) is 0.525. The number of alkyl halides is 1. The molecule has 7 aliphatic carbocycles. The summed E-state index contributed by atoms with van der Waals surface area (Å²) in [6.45, 7) is 0.535. The highest BCUT2D eigenvalue weighted by molar-refractivity contribution is 7.90. The van der Waals surface area contributed by atoms with E-state index in [4.69, 9.17) is 9.51 Å². The molecule has 2 aromatic rings. The third kappa shape index (κ3) is 3.41. The number of halogens is 1. The van der Waals surface area contributed by atoms with Gasteiger partial charge >= 0.3 is 0 Å². The number of anilines is 1. The average Bonchev–Trinajstić information content (AvgIpc) is 3.56. The van der Waals surface area contributed by atoms with Crippen molar-refractivity contribution in [3.8, 4) is 0 Å². The predicted octanol–water partition coefficient (Wildman–Crippen LogP) is 4.87. The molecule has 4 bridgehead atoms. The monoisotopic (exact) mass is 513 g/mol. The number of hydrogen-bond donors (Lipinski definition) is 0. The van der Waals surface area contributed by atoms with E-state index >= 15 is 0 Å². The molecule has 7 nitrogen and oxygen atoms in total. The Kier molecular flexibility index (Phi) is 4.56. The van der Waals surface area contributed by atoms with E-state index in [-0.39, 0.29) is 40.9 Å². The summed E-state index contributed by atoms with van der Waals surface area (Å²) in [5.41, 5.74) is -1.31. The predicted molar refractivity (Wildman–Crippen MR) is 130 cm³/mol. The Morgan fingerprint density at radius 3 is 2.36 bits per heavy atom. The first-order chi connectivity index (χ1) is 17.0. The molecule has 7 aliphatic rings. The van der Waals surface area contributed by atoms with Gasteiger partial charge in [0.1, 0.15) is 5.67 Å². The van der Waals surface area contributed by atoms with E-state index in [0.717, 1.165) is 63.1 Å². The lowest BCUT2D eigenvalue weighted by molar-refractivity contribution is -0.211. The fraction of sp³-hybridized carbons (Fsp3) is 0.667. The molecule has 0 spiro atoms. The molecule has 0 radical (unpaired) electrons. The van der Waals surface area contributed by atoms with Crippen LogP contribution in [0.25, 0.3) is 0 Å². The molecule has 0 atom stereocenters. The van der Waals surface area contributed by atoms with Crippen molar-refractivity contribution in [2.75, 3.05) is 17.7 Å². The van der Waals surface area contributed by atoms with Gasteiger partial charge in [-0.1, -0.05) is 11.2 Å². The van der Waals surface area contributed by atoms with Gasteiger partial charge in [0.15, 0.2) is 15.7 Å². The Morgan fingerprint density at radius 1 is 1.11 bits per heavy atom. The summed E-state index contributed by atoms with van der Waals surface area (Å²) in [4.78, 5) is 20.6. The number of amides is 1. The molecule has 1 amide bonds. The van der Waals surface area contributed by atoms with E-state index in [1.807, 2.05) is 6.07 Å². The molecule has 0 aliphatic heterocycles. The SMILES string of the molecule is CS(=O)(=O)c1cccc(N(CC23CCC(c4nc(C5CC5)no4)(CC2)CC3)C(=O)C23CC(F)(C2)C3)c1. The number of fused-ring (bicyclic) bond motifs is 3. The minimum absolute atomic E-state index is 0.0459. The molecule has 1 heterocycles. The summed E-state index contributed by atoms with van der Waals surface area (Å²) in [6, 6.07) is 6.68. The van der Waals surface area contributed by atoms with Crippen molar-refractivity contribution in [3.63, 3.8) is 0 Å². The maximum Gasteiger partial charge on any atom is 0.233 e. The highest BCUT2D eigenvalue weighted by Gasteiger charge is 2.73. The molecule has 1 aromatic heterocycles. The lowest BCUT2D eigenvalue weighted by Gasteiger charge is -2.65. The second-order valence-electron chi connectivity index (χ2n) is 12.6. The highest BCUT2D eigenvalue weighted by atomic mass is 32.2. The van der Waals surface area contributed by atoms with Crippen LogP contribution < -0.4 is 4.90 Å². The average molecular weight is 514 g/mol. The molecule has 0 saturated heterocycles. The van der Waals surface area contributed by atoms with Crippen LogP contribution in [0.1, 0.15) is 88.3 Å². The van der Waals surface area contributed by atoms with Crippen LogP contribution in [0, 0.1) is 10.8 Å². The second-order valence-corrected chi connectivity index (χ2v) is 14.7. The maximum absolute atomic E-state index is 14.4. The second kappa shape index (κ2) is 7.17. The largest absolute Gasteiger partial charge is 0.339 e. The number of carbonyl (C=O) groups is 1. The van der Waals surface area contributed by atoms with Crippen molar-refractivity contribution in [2.24, 2.45) is 10.8 Å². The van der Waals surface area contributed by atoms with Crippen LogP contribution in [-0.4, -0.2) is 42.9 Å². The van der Waals surface area contributed by atoms with Crippen molar-refractivity contribution < 1.29 is 22.1 Å². The van der Waals surface area contributed by atoms with Crippen LogP contribution in [-0.2, 0) is 20.0 Å². The van der Waals surface area contributed by atoms with Crippen LogP contribution in [0.5, 0.6) is 0 Å². The van der Waals surface area contributed by atoms with Gasteiger partial charge in [0, 0.05) is 29.8 Å². The zero-order valence-electron chi connectivity index (χ0n) is 20.6. The Balaban J connectivity index is 1.16. The van der Waals surface area contributed by atoms with Gasteiger partial charge in [-0.3, -0.25) is 4.79 Å². The number of rotatable bonds is 7. The molecular weight excluding hydrogens is 481 g/mol. The van der Waals surface area contributed by atoms with Gasteiger partial charge in [0.2, 0.25) is 11.8 Å². The molecular formula is C27H32FN3O4S. The van der Waals surface area contributed by atoms with Crippen molar-refractivity contribution >= 4 is 21.4 Å². The molecule has 9 rings (SSSR count). The van der Waals surface area contributed by atoms with Crippen molar-refractivity contribution in [1.82, 2.24) is 10.1 Å². The Hall–Kier alpha value is -2.29. The van der Waals surface area contributed by atoms with Crippen molar-refractivity contribution in [3.05, 3.63) is 36.0 Å². The molecule has 7 saturated carbocycles. The number of hydrogen-bond acceptors (Lipinski definition) is 6. The maximum atomic E-state index is 14.4. The molecule has 0 N–H and O–H groups in total. The van der Waals surface area contributed by atoms with Gasteiger partial charge in [-0.2, -0.15) is 4.98 Å². The zero-order valence-corrected chi connectivity index (χ0v) is 21.4. The third-order valence-corrected chi connectivity index (χ3v) is 11.1. The van der Waals surface area contributed by atoms with E-state index in [9.17, 15) is 17.6 Å². The lowest BCUT2D eigenvalue weighted by Crippen LogP contribution is -2.71. The van der Waals surface area contributed by atoms with Crippen LogP contribution >= 0.6 is 0 Å². The summed E-state index contributed by atoms with van der Waals surface area (Å²) < 4.78 is 44.6. The van der Waals surface area contributed by atoms with Gasteiger partial charge in [-0.05, 0) is 94.2 Å². The van der Waals surface area contributed by atoms with E-state index in [0.29, 0.717) is 18.2 Å². The van der Waals surface area contributed by atoms with Gasteiger partial charge in [-0.15, -0.1) is 0 Å². The molecule has 1 aromatic carbocycles. The summed E-state index contributed by atoms with van der Waals surface area (Å²) >= 11 is 0. The highest BCUT2D eigenvalue weighted by Crippen LogP contribution is 2.70. The van der Waals surface area contributed by atoms with Gasteiger partial charge in [0.25, 0.3) is 0 Å². The van der Waals surface area contributed by atoms with E-state index in [1.54, 1.807) is 23.1 Å². The first-order valence-corrected chi connectivity index (χ1v) is 15.1. The van der Waals surface area contributed by atoms with E-state index in [2.05, 4.69) is 5.16 Å². The summed E-state index contributed by atoms with van der Waals surface area (Å²) in [7, 11) is -3.42. The normalized spacial score (nSPS) is 36.7. The van der Waals surface area contributed by atoms with Gasteiger partial charge in [-0.25, -0.2) is 12.8 Å². The Labute approximate surface area is 210 Å². The summed E-state index contributed by atoms with van der Waals surface area (Å²) in [5.74, 6) is 2.06.